The second-order valence-electron chi connectivity index (χ2n) is 8.75. The minimum absolute atomic E-state index is 0.188. The number of rotatable bonds is 7. The first-order chi connectivity index (χ1) is 18.4. The van der Waals surface area contributed by atoms with Gasteiger partial charge in [0.15, 0.2) is 11.7 Å². The molecule has 0 aliphatic carbocycles. The molecule has 0 aliphatic heterocycles. The summed E-state index contributed by atoms with van der Waals surface area (Å²) < 4.78 is 11.7. The van der Waals surface area contributed by atoms with E-state index in [0.717, 1.165) is 5.39 Å². The van der Waals surface area contributed by atoms with Crippen LogP contribution in [0.25, 0.3) is 33.3 Å². The van der Waals surface area contributed by atoms with Crippen molar-refractivity contribution in [3.63, 3.8) is 0 Å². The van der Waals surface area contributed by atoms with Crippen LogP contribution in [0.3, 0.4) is 0 Å². The number of hydrogen-bond acceptors (Lipinski definition) is 6. The van der Waals surface area contributed by atoms with Gasteiger partial charge in [0.05, 0.1) is 5.56 Å². The van der Waals surface area contributed by atoms with Crippen molar-refractivity contribution in [1.82, 2.24) is 4.98 Å². The summed E-state index contributed by atoms with van der Waals surface area (Å²) in [6.07, 6.45) is -0.728. The lowest BCUT2D eigenvalue weighted by Crippen LogP contribution is -2.32. The molecule has 0 saturated carbocycles. The van der Waals surface area contributed by atoms with Gasteiger partial charge in [-0.2, -0.15) is 0 Å². The van der Waals surface area contributed by atoms with E-state index in [1.807, 2.05) is 48.5 Å². The number of oxazole rings is 1. The van der Waals surface area contributed by atoms with Gasteiger partial charge in [0, 0.05) is 29.2 Å². The average Bonchev–Trinajstić information content (AvgIpc) is 3.36. The molecule has 2 N–H and O–H groups in total. The van der Waals surface area contributed by atoms with Crippen molar-refractivity contribution in [2.45, 2.75) is 26.4 Å². The maximum Gasteiger partial charge on any atom is 0.339 e. The van der Waals surface area contributed by atoms with Gasteiger partial charge < -0.3 is 19.8 Å². The minimum Gasteiger partial charge on any atom is -0.449 e. The topological polar surface area (TPSA) is 111 Å². The van der Waals surface area contributed by atoms with Crippen molar-refractivity contribution < 1.29 is 23.5 Å². The number of para-hydroxylation sites is 2. The number of anilines is 2. The molecule has 5 rings (SSSR count). The van der Waals surface area contributed by atoms with E-state index in [4.69, 9.17) is 9.15 Å². The Bertz CT molecular complexity index is 1620. The van der Waals surface area contributed by atoms with Crippen molar-refractivity contribution in [2.75, 3.05) is 10.6 Å². The molecule has 1 unspecified atom stereocenters. The molecule has 38 heavy (non-hydrogen) atoms. The van der Waals surface area contributed by atoms with Gasteiger partial charge in [-0.25, -0.2) is 9.78 Å². The van der Waals surface area contributed by atoms with Crippen LogP contribution >= 0.6 is 0 Å². The molecule has 0 fully saturated rings. The van der Waals surface area contributed by atoms with Crippen LogP contribution in [-0.2, 0) is 14.3 Å². The number of nitrogens with one attached hydrogen (secondary N) is 2. The minimum atomic E-state index is -1.01. The molecule has 0 aliphatic rings. The quantitative estimate of drug-likeness (QED) is 0.255. The SMILES string of the molecule is CCC(OC(=O)c1cccc2cccc(-c3nc4ccccc4o3)c12)C(=O)Nc1ccc(NC(C)=O)cc1. The Morgan fingerprint density at radius 2 is 1.55 bits per heavy atom. The van der Waals surface area contributed by atoms with Crippen LogP contribution in [0.5, 0.6) is 0 Å². The van der Waals surface area contributed by atoms with Crippen LogP contribution in [0.15, 0.2) is 89.3 Å². The number of aromatic nitrogens is 1. The summed E-state index contributed by atoms with van der Waals surface area (Å²) in [6, 6.07) is 25.1. The van der Waals surface area contributed by atoms with Gasteiger partial charge in [-0.3, -0.25) is 9.59 Å². The molecule has 8 heteroatoms. The van der Waals surface area contributed by atoms with E-state index < -0.39 is 18.0 Å². The van der Waals surface area contributed by atoms with Gasteiger partial charge in [0.1, 0.15) is 5.52 Å². The fraction of sp³-hybridized carbons (Fsp3) is 0.133. The number of ether oxygens (including phenoxy) is 1. The molecule has 0 spiro atoms. The molecule has 0 radical (unpaired) electrons. The molecule has 190 valence electrons. The van der Waals surface area contributed by atoms with Crippen LogP contribution in [0.4, 0.5) is 11.4 Å². The van der Waals surface area contributed by atoms with E-state index in [1.165, 1.54) is 6.92 Å². The zero-order chi connectivity index (χ0) is 26.6. The number of fused-ring (bicyclic) bond motifs is 2. The second kappa shape index (κ2) is 10.6. The lowest BCUT2D eigenvalue weighted by atomic mass is 9.99. The van der Waals surface area contributed by atoms with Crippen molar-refractivity contribution in [2.24, 2.45) is 0 Å². The summed E-state index contributed by atoms with van der Waals surface area (Å²) in [6.45, 7) is 3.19. The molecule has 0 bridgehead atoms. The van der Waals surface area contributed by atoms with Crippen molar-refractivity contribution in [3.05, 3.63) is 90.5 Å². The van der Waals surface area contributed by atoms with Crippen LogP contribution < -0.4 is 10.6 Å². The summed E-state index contributed by atoms with van der Waals surface area (Å²) in [5, 5.41) is 6.89. The van der Waals surface area contributed by atoms with Crippen LogP contribution in [-0.4, -0.2) is 28.9 Å². The maximum absolute atomic E-state index is 13.4. The Morgan fingerprint density at radius 1 is 0.868 bits per heavy atom. The highest BCUT2D eigenvalue weighted by molar-refractivity contribution is 6.11. The molecule has 4 aromatic carbocycles. The van der Waals surface area contributed by atoms with Gasteiger partial charge >= 0.3 is 5.97 Å². The first-order valence-electron chi connectivity index (χ1n) is 12.2. The highest BCUT2D eigenvalue weighted by Gasteiger charge is 2.25. The molecule has 1 aromatic heterocycles. The lowest BCUT2D eigenvalue weighted by molar-refractivity contribution is -0.124. The molecule has 2 amide bonds. The average molecular weight is 508 g/mol. The smallest absolute Gasteiger partial charge is 0.339 e. The molecule has 0 saturated heterocycles. The third-order valence-electron chi connectivity index (χ3n) is 6.03. The van der Waals surface area contributed by atoms with E-state index in [-0.39, 0.29) is 12.3 Å². The summed E-state index contributed by atoms with van der Waals surface area (Å²) >= 11 is 0. The normalized spacial score (nSPS) is 11.7. The first kappa shape index (κ1) is 24.7. The van der Waals surface area contributed by atoms with Crippen molar-refractivity contribution in [1.29, 1.82) is 0 Å². The van der Waals surface area contributed by atoms with Crippen molar-refractivity contribution >= 4 is 51.0 Å². The number of carbonyl (C=O) groups excluding carboxylic acids is 3. The van der Waals surface area contributed by atoms with Gasteiger partial charge in [-0.05, 0) is 60.3 Å². The van der Waals surface area contributed by atoms with Crippen LogP contribution in [0.1, 0.15) is 30.6 Å². The summed E-state index contributed by atoms with van der Waals surface area (Å²) in [4.78, 5) is 42.1. The molecular weight excluding hydrogens is 482 g/mol. The molecule has 1 atom stereocenters. The standard InChI is InChI=1S/C30H25N3O5/c1-3-25(28(35)32-21-16-14-20(15-17-21)31-18(2)34)38-30(36)23-11-7-9-19-8-6-10-22(27(19)23)29-33-24-12-4-5-13-26(24)37-29/h4-17,25H,3H2,1-2H3,(H,31,34)(H,32,35). The van der Waals surface area contributed by atoms with Gasteiger partial charge in [0.25, 0.3) is 5.91 Å². The third-order valence-corrected chi connectivity index (χ3v) is 6.03. The predicted molar refractivity (Wildman–Crippen MR) is 146 cm³/mol. The Morgan fingerprint density at radius 3 is 2.24 bits per heavy atom. The zero-order valence-corrected chi connectivity index (χ0v) is 20.9. The zero-order valence-electron chi connectivity index (χ0n) is 20.9. The Hall–Kier alpha value is -4.98. The third kappa shape index (κ3) is 5.10. The van der Waals surface area contributed by atoms with E-state index in [2.05, 4.69) is 15.6 Å². The summed E-state index contributed by atoms with van der Waals surface area (Å²) in [7, 11) is 0. The highest BCUT2D eigenvalue weighted by Crippen LogP contribution is 2.33. The molecular formula is C30H25N3O5. The van der Waals surface area contributed by atoms with E-state index in [9.17, 15) is 14.4 Å². The van der Waals surface area contributed by atoms with Gasteiger partial charge in [-0.15, -0.1) is 0 Å². The Balaban J connectivity index is 1.40. The summed E-state index contributed by atoms with van der Waals surface area (Å²) in [5.74, 6) is -0.869. The number of hydrogen-bond donors (Lipinski definition) is 2. The Kier molecular flexibility index (Phi) is 6.86. The first-order valence-corrected chi connectivity index (χ1v) is 12.2. The number of esters is 1. The van der Waals surface area contributed by atoms with Crippen molar-refractivity contribution in [3.8, 4) is 11.5 Å². The Labute approximate surface area is 218 Å². The van der Waals surface area contributed by atoms with Gasteiger partial charge in [0.2, 0.25) is 11.8 Å². The lowest BCUT2D eigenvalue weighted by Gasteiger charge is -2.17. The second-order valence-corrected chi connectivity index (χ2v) is 8.75. The number of amides is 2. The molecule has 8 nitrogen and oxygen atoms in total. The maximum atomic E-state index is 13.4. The molecule has 5 aromatic rings. The van der Waals surface area contributed by atoms with E-state index >= 15 is 0 Å². The number of nitrogens with zero attached hydrogens (tertiary/aromatic N) is 1. The highest BCUT2D eigenvalue weighted by atomic mass is 16.5. The van der Waals surface area contributed by atoms with Crippen LogP contribution in [0, 0.1) is 0 Å². The van der Waals surface area contributed by atoms with Gasteiger partial charge in [-0.1, -0.05) is 43.3 Å². The largest absolute Gasteiger partial charge is 0.449 e. The fourth-order valence-electron chi connectivity index (χ4n) is 4.25. The molecule has 1 heterocycles. The number of benzene rings is 4. The fourth-order valence-corrected chi connectivity index (χ4v) is 4.25. The van der Waals surface area contributed by atoms with E-state index in [0.29, 0.717) is 44.9 Å². The monoisotopic (exact) mass is 507 g/mol. The number of carbonyl (C=O) groups is 3. The van der Waals surface area contributed by atoms with E-state index in [1.54, 1.807) is 43.3 Å². The van der Waals surface area contributed by atoms with Crippen LogP contribution in [0.2, 0.25) is 0 Å². The predicted octanol–water partition coefficient (Wildman–Crippen LogP) is 6.18. The summed E-state index contributed by atoms with van der Waals surface area (Å²) in [5.41, 5.74) is 3.45.